The number of hydrazine groups is 1. The maximum atomic E-state index is 12.5. The minimum absolute atomic E-state index is 0.152. The Morgan fingerprint density at radius 1 is 1.30 bits per heavy atom. The van der Waals surface area contributed by atoms with E-state index in [9.17, 15) is 20.1 Å². The largest absolute Gasteiger partial charge is 0.394 e. The van der Waals surface area contributed by atoms with Gasteiger partial charge in [-0.1, -0.05) is 18.2 Å². The van der Waals surface area contributed by atoms with Gasteiger partial charge in [0.05, 0.1) is 19.4 Å². The number of amides is 1. The van der Waals surface area contributed by atoms with Crippen molar-refractivity contribution in [3.63, 3.8) is 0 Å². The smallest absolute Gasteiger partial charge is 0.242 e. The number of nitrogens with zero attached hydrogens (tertiary/aromatic N) is 4. The van der Waals surface area contributed by atoms with Gasteiger partial charge in [0.2, 0.25) is 5.91 Å². The van der Waals surface area contributed by atoms with Crippen LogP contribution in [0.4, 0.5) is 5.82 Å². The van der Waals surface area contributed by atoms with E-state index in [1.807, 2.05) is 24.3 Å². The Hall–Kier alpha value is -3.58. The van der Waals surface area contributed by atoms with Crippen LogP contribution in [0.2, 0.25) is 0 Å². The molecule has 3 unspecified atom stereocenters. The molecule has 1 aliphatic rings. The molecule has 0 saturated carbocycles. The molecule has 4 atom stereocenters. The van der Waals surface area contributed by atoms with E-state index in [0.29, 0.717) is 11.2 Å². The van der Waals surface area contributed by atoms with Crippen LogP contribution >= 0.6 is 0 Å². The number of H-pyrrole nitrogens is 1. The lowest BCUT2D eigenvalue weighted by Crippen LogP contribution is -2.44. The number of carbonyl (C=O) groups excluding carboxylic acids is 1. The van der Waals surface area contributed by atoms with Crippen LogP contribution in [-0.2, 0) is 16.0 Å². The van der Waals surface area contributed by atoms with Crippen molar-refractivity contribution < 1.29 is 24.9 Å². The normalized spacial score (nSPS) is 25.0. The van der Waals surface area contributed by atoms with Gasteiger partial charge in [0.15, 0.2) is 23.2 Å². The highest BCUT2D eigenvalue weighted by Gasteiger charge is 2.53. The molecule has 1 saturated heterocycles. The highest BCUT2D eigenvalue weighted by atomic mass is 16.6. The summed E-state index contributed by atoms with van der Waals surface area (Å²) in [6.45, 7) is 0.958. The first-order valence-electron chi connectivity index (χ1n) is 10.3. The maximum Gasteiger partial charge on any atom is 0.242 e. The maximum absolute atomic E-state index is 12.5. The van der Waals surface area contributed by atoms with E-state index < -0.39 is 30.6 Å². The first-order valence-corrected chi connectivity index (χ1v) is 10.3. The van der Waals surface area contributed by atoms with Gasteiger partial charge in [-0.15, -0.1) is 0 Å². The molecule has 12 heteroatoms. The van der Waals surface area contributed by atoms with Crippen LogP contribution in [0, 0.1) is 0 Å². The molecule has 1 aliphatic heterocycles. The molecule has 1 amide bonds. The number of aliphatic hydroxyl groups excluding tert-OH is 2. The van der Waals surface area contributed by atoms with Crippen molar-refractivity contribution in [1.29, 1.82) is 0 Å². The van der Waals surface area contributed by atoms with Gasteiger partial charge in [-0.3, -0.25) is 20.2 Å². The van der Waals surface area contributed by atoms with Crippen molar-refractivity contribution in [2.45, 2.75) is 37.4 Å². The molecule has 33 heavy (non-hydrogen) atoms. The van der Waals surface area contributed by atoms with Gasteiger partial charge < -0.3 is 25.0 Å². The molecule has 4 heterocycles. The minimum Gasteiger partial charge on any atom is -0.394 e. The molecule has 0 aliphatic carbocycles. The number of para-hydroxylation sites is 1. The number of benzene rings is 1. The van der Waals surface area contributed by atoms with E-state index in [1.165, 1.54) is 24.1 Å². The average molecular weight is 453 g/mol. The number of carbonyl (C=O) groups is 1. The molecular weight excluding hydrogens is 430 g/mol. The highest BCUT2D eigenvalue weighted by Crippen LogP contribution is 2.39. The van der Waals surface area contributed by atoms with E-state index in [0.717, 1.165) is 16.5 Å². The van der Waals surface area contributed by atoms with Gasteiger partial charge in [0.25, 0.3) is 0 Å². The number of rotatable bonds is 6. The lowest BCUT2D eigenvalue weighted by molar-refractivity contribution is -0.119. The van der Waals surface area contributed by atoms with Crippen LogP contribution in [0.25, 0.3) is 22.1 Å². The first kappa shape index (κ1) is 21.3. The summed E-state index contributed by atoms with van der Waals surface area (Å²) in [5.41, 5.74) is 6.15. The fourth-order valence-corrected chi connectivity index (χ4v) is 4.13. The molecule has 0 spiro atoms. The zero-order valence-electron chi connectivity index (χ0n) is 17.6. The van der Waals surface area contributed by atoms with Gasteiger partial charge in [-0.05, 0) is 18.6 Å². The molecule has 172 valence electrons. The number of imidazole rings is 1. The van der Waals surface area contributed by atoms with Crippen LogP contribution in [-0.4, -0.2) is 70.1 Å². The molecule has 0 bridgehead atoms. The fourth-order valence-electron chi connectivity index (χ4n) is 4.13. The van der Waals surface area contributed by atoms with Crippen LogP contribution in [0.3, 0.4) is 0 Å². The number of anilines is 1. The van der Waals surface area contributed by atoms with E-state index in [-0.39, 0.29) is 18.1 Å². The van der Waals surface area contributed by atoms with Gasteiger partial charge in [0.1, 0.15) is 24.1 Å². The highest BCUT2D eigenvalue weighted by molar-refractivity contribution is 5.90. The summed E-state index contributed by atoms with van der Waals surface area (Å²) in [5.74, 6) is -0.0233. The summed E-state index contributed by atoms with van der Waals surface area (Å²) in [5, 5.41) is 31.4. The van der Waals surface area contributed by atoms with E-state index in [1.54, 1.807) is 6.20 Å². The second kappa shape index (κ2) is 8.08. The fraction of sp³-hybridized carbons (Fsp3) is 0.333. The summed E-state index contributed by atoms with van der Waals surface area (Å²) in [7, 11) is 0. The third kappa shape index (κ3) is 3.58. The second-order valence-corrected chi connectivity index (χ2v) is 8.14. The Morgan fingerprint density at radius 3 is 2.91 bits per heavy atom. The summed E-state index contributed by atoms with van der Waals surface area (Å²) in [6.07, 6.45) is 1.34. The molecule has 3 aromatic heterocycles. The van der Waals surface area contributed by atoms with Crippen molar-refractivity contribution in [3.8, 4) is 0 Å². The Morgan fingerprint density at radius 2 is 2.12 bits per heavy atom. The van der Waals surface area contributed by atoms with Gasteiger partial charge in [0, 0.05) is 17.1 Å². The zero-order chi connectivity index (χ0) is 23.2. The monoisotopic (exact) mass is 453 g/mol. The van der Waals surface area contributed by atoms with Gasteiger partial charge >= 0.3 is 0 Å². The number of ether oxygens (including phenoxy) is 1. The van der Waals surface area contributed by atoms with Crippen molar-refractivity contribution in [1.82, 2.24) is 29.9 Å². The number of aliphatic hydroxyl groups is 3. The number of nitrogens with one attached hydrogen (secondary N) is 3. The molecule has 1 fully saturated rings. The third-order valence-corrected chi connectivity index (χ3v) is 5.89. The van der Waals surface area contributed by atoms with E-state index in [4.69, 9.17) is 4.74 Å². The molecule has 0 radical (unpaired) electrons. The number of hydrogen-bond donors (Lipinski definition) is 6. The predicted molar refractivity (Wildman–Crippen MR) is 117 cm³/mol. The van der Waals surface area contributed by atoms with E-state index in [2.05, 4.69) is 30.8 Å². The SMILES string of the molecule is C[C@@]1(O)C(O)C(CO)OC1n1cnc2c(NNC(=O)Cc3c[nH]c4ccccc34)ncnc21. The van der Waals surface area contributed by atoms with E-state index >= 15 is 0 Å². The third-order valence-electron chi connectivity index (χ3n) is 5.89. The molecule has 1 aromatic carbocycles. The van der Waals surface area contributed by atoms with Crippen LogP contribution in [0.5, 0.6) is 0 Å². The summed E-state index contributed by atoms with van der Waals surface area (Å²) < 4.78 is 7.10. The molecule has 6 N–H and O–H groups in total. The summed E-state index contributed by atoms with van der Waals surface area (Å²) in [4.78, 5) is 28.3. The Labute approximate surface area is 187 Å². The Balaban J connectivity index is 1.34. The van der Waals surface area contributed by atoms with Crippen molar-refractivity contribution in [2.24, 2.45) is 0 Å². The Kier molecular flexibility index (Phi) is 5.21. The van der Waals surface area contributed by atoms with Crippen molar-refractivity contribution >= 4 is 33.8 Å². The minimum atomic E-state index is -1.69. The molecular formula is C21H23N7O5. The quantitative estimate of drug-likeness (QED) is 0.220. The number of hydrogen-bond acceptors (Lipinski definition) is 9. The lowest BCUT2D eigenvalue weighted by Gasteiger charge is -2.27. The topological polar surface area (TPSA) is 170 Å². The number of fused-ring (bicyclic) bond motifs is 2. The van der Waals surface area contributed by atoms with Crippen LogP contribution in [0.1, 0.15) is 18.7 Å². The predicted octanol–water partition coefficient (Wildman–Crippen LogP) is -0.00500. The van der Waals surface area contributed by atoms with Crippen LogP contribution < -0.4 is 10.9 Å². The standard InChI is InChI=1S/C21H23N7O5/c1-21(32)17(31)14(8-29)33-20(21)28-10-25-16-18(23-9-24-19(16)28)27-26-15(30)6-11-7-22-13-5-3-2-4-12(11)13/h2-5,7,9-10,14,17,20,22,29,31-32H,6,8H2,1H3,(H,26,30)(H,23,24,27)/t14?,17?,20?,21-/m1/s1. The van der Waals surface area contributed by atoms with Crippen LogP contribution in [0.15, 0.2) is 43.1 Å². The second-order valence-electron chi connectivity index (χ2n) is 8.14. The molecule has 5 rings (SSSR count). The number of aromatic nitrogens is 5. The Bertz CT molecular complexity index is 1320. The average Bonchev–Trinajstić information content (AvgIpc) is 3.48. The van der Waals surface area contributed by atoms with Crippen molar-refractivity contribution in [2.75, 3.05) is 12.0 Å². The van der Waals surface area contributed by atoms with Gasteiger partial charge in [-0.2, -0.15) is 0 Å². The summed E-state index contributed by atoms with van der Waals surface area (Å²) in [6, 6.07) is 7.72. The molecule has 12 nitrogen and oxygen atoms in total. The summed E-state index contributed by atoms with van der Waals surface area (Å²) >= 11 is 0. The van der Waals surface area contributed by atoms with Gasteiger partial charge in [-0.25, -0.2) is 15.0 Å². The number of aromatic amines is 1. The first-order chi connectivity index (χ1) is 15.9. The lowest BCUT2D eigenvalue weighted by atomic mass is 9.96. The molecule has 4 aromatic rings. The zero-order valence-corrected chi connectivity index (χ0v) is 17.6. The van der Waals surface area contributed by atoms with Crippen molar-refractivity contribution in [3.05, 3.63) is 48.7 Å².